The summed E-state index contributed by atoms with van der Waals surface area (Å²) in [5.74, 6) is -1.62. The van der Waals surface area contributed by atoms with Crippen molar-refractivity contribution in [1.29, 1.82) is 0 Å². The lowest BCUT2D eigenvalue weighted by Gasteiger charge is -2.15. The highest BCUT2D eigenvalue weighted by Gasteiger charge is 2.24. The lowest BCUT2D eigenvalue weighted by atomic mass is 10.0. The molecule has 1 aromatic heterocycles. The fraction of sp³-hybridized carbons (Fsp3) is 0.333. The van der Waals surface area contributed by atoms with Crippen LogP contribution in [0.5, 0.6) is 5.75 Å². The van der Waals surface area contributed by atoms with E-state index in [0.29, 0.717) is 0 Å². The van der Waals surface area contributed by atoms with Gasteiger partial charge in [-0.25, -0.2) is 21.9 Å². The molecule has 0 saturated heterocycles. The fourth-order valence-corrected chi connectivity index (χ4v) is 2.64. The molecule has 0 spiro atoms. The quantitative estimate of drug-likeness (QED) is 0.721. The number of hydrogen-bond donors (Lipinski definition) is 2. The Kier molecular flexibility index (Phi) is 5.39. The van der Waals surface area contributed by atoms with E-state index in [1.165, 1.54) is 11.7 Å². The summed E-state index contributed by atoms with van der Waals surface area (Å²) in [5, 5.41) is 12.8. The molecule has 0 aliphatic rings. The van der Waals surface area contributed by atoms with Crippen LogP contribution in [0.15, 0.2) is 12.1 Å². The average molecular weight is 361 g/mol. The number of halogens is 2. The maximum Gasteiger partial charge on any atom is 0.264 e. The first kappa shape index (κ1) is 17.7. The Labute approximate surface area is 136 Å². The second kappa shape index (κ2) is 7.29. The van der Waals surface area contributed by atoms with Gasteiger partial charge in [0.15, 0.2) is 0 Å². The lowest BCUT2D eigenvalue weighted by Crippen LogP contribution is -2.17. The number of tetrazole rings is 1. The number of thiol groups is 1. The van der Waals surface area contributed by atoms with Gasteiger partial charge >= 0.3 is 0 Å². The molecule has 1 N–H and O–H groups in total. The molecule has 0 aliphatic heterocycles. The Balaban J connectivity index is 2.49. The van der Waals surface area contributed by atoms with Crippen LogP contribution in [0, 0.1) is 0 Å². The molecule has 130 valence electrons. The van der Waals surface area contributed by atoms with Crippen LogP contribution >= 0.6 is 0 Å². The van der Waals surface area contributed by atoms with Crippen molar-refractivity contribution in [1.82, 2.24) is 20.2 Å². The van der Waals surface area contributed by atoms with Crippen molar-refractivity contribution in [3.8, 4) is 5.75 Å². The first-order valence-electron chi connectivity index (χ1n) is 6.48. The number of alkyl halides is 2. The predicted octanol–water partition coefficient (Wildman–Crippen LogP) is 0.520. The molecule has 9 nitrogen and oxygen atoms in total. The van der Waals surface area contributed by atoms with Crippen molar-refractivity contribution in [2.24, 2.45) is 7.05 Å². The molecule has 0 unspecified atom stereocenters. The third-order valence-electron chi connectivity index (χ3n) is 3.11. The molecular weight excluding hydrogens is 348 g/mol. The van der Waals surface area contributed by atoms with E-state index in [4.69, 9.17) is 4.74 Å². The number of aromatic nitrogens is 4. The van der Waals surface area contributed by atoms with E-state index in [-0.39, 0.29) is 22.8 Å². The van der Waals surface area contributed by atoms with Crippen LogP contribution in [0.4, 0.5) is 14.7 Å². The fourth-order valence-electron chi connectivity index (χ4n) is 2.06. The Hall–Kier alpha value is -2.63. The summed E-state index contributed by atoms with van der Waals surface area (Å²) in [6.45, 7) is 0. The topological polar surface area (TPSA) is 116 Å². The van der Waals surface area contributed by atoms with E-state index in [1.54, 1.807) is 0 Å². The highest BCUT2D eigenvalue weighted by Crippen LogP contribution is 2.34. The predicted molar refractivity (Wildman–Crippen MR) is 78.7 cm³/mol. The van der Waals surface area contributed by atoms with Crippen LogP contribution in [0.25, 0.3) is 0 Å². The summed E-state index contributed by atoms with van der Waals surface area (Å²) >= 11 is 0. The van der Waals surface area contributed by atoms with Gasteiger partial charge in [-0.15, -0.1) is 0 Å². The van der Waals surface area contributed by atoms with Crippen LogP contribution < -0.4 is 10.1 Å². The summed E-state index contributed by atoms with van der Waals surface area (Å²) in [7, 11) is -0.353. The zero-order valence-electron chi connectivity index (χ0n) is 12.6. The number of carbonyl (C=O) groups excluding carboxylic acids is 1. The van der Waals surface area contributed by atoms with Crippen molar-refractivity contribution >= 4 is 22.6 Å². The SMILES string of the molecule is COc1c(C(=O)Nc2nnnn2C)ccc(C(F)F)c1C[SH](=O)=O. The maximum atomic E-state index is 13.1. The number of carbonyl (C=O) groups is 1. The van der Waals surface area contributed by atoms with E-state index < -0.39 is 34.4 Å². The Morgan fingerprint density at radius 3 is 2.62 bits per heavy atom. The third-order valence-corrected chi connectivity index (χ3v) is 3.69. The minimum atomic E-state index is -3.00. The highest BCUT2D eigenvalue weighted by molar-refractivity contribution is 7.71. The van der Waals surface area contributed by atoms with Gasteiger partial charge in [0.25, 0.3) is 12.3 Å². The maximum absolute atomic E-state index is 13.1. The van der Waals surface area contributed by atoms with E-state index in [2.05, 4.69) is 20.8 Å². The summed E-state index contributed by atoms with van der Waals surface area (Å²) in [6.07, 6.45) is -2.91. The number of hydrogen-bond acceptors (Lipinski definition) is 7. The van der Waals surface area contributed by atoms with Crippen molar-refractivity contribution in [3.05, 3.63) is 28.8 Å². The molecule has 0 aliphatic carbocycles. The van der Waals surface area contributed by atoms with Gasteiger partial charge in [-0.3, -0.25) is 10.1 Å². The number of nitrogens with one attached hydrogen (secondary N) is 1. The minimum Gasteiger partial charge on any atom is -0.496 e. The summed E-state index contributed by atoms with van der Waals surface area (Å²) < 4.78 is 54.4. The van der Waals surface area contributed by atoms with E-state index in [9.17, 15) is 22.0 Å². The monoisotopic (exact) mass is 361 g/mol. The number of anilines is 1. The van der Waals surface area contributed by atoms with Gasteiger partial charge in [0.05, 0.1) is 18.4 Å². The Morgan fingerprint density at radius 2 is 2.12 bits per heavy atom. The standard InChI is InChI=1S/C12H13F2N5O4S/c1-19-12(16-17-18-19)15-11(20)7-4-3-6(10(13)14)8(5-24(21)22)9(7)23-2/h3-4,10,24H,5H2,1-2H3,(H,15,16,18,20). The molecule has 24 heavy (non-hydrogen) atoms. The van der Waals surface area contributed by atoms with E-state index in [0.717, 1.165) is 19.2 Å². The first-order valence-corrected chi connectivity index (χ1v) is 7.84. The molecule has 0 saturated carbocycles. The number of ether oxygens (including phenoxy) is 1. The molecule has 1 aromatic carbocycles. The molecular formula is C12H13F2N5O4S. The van der Waals surface area contributed by atoms with Gasteiger partial charge < -0.3 is 4.74 Å². The number of rotatable bonds is 6. The number of aryl methyl sites for hydroxylation is 1. The molecule has 1 amide bonds. The summed E-state index contributed by atoms with van der Waals surface area (Å²) in [4.78, 5) is 12.3. The molecule has 0 radical (unpaired) electrons. The molecule has 1 heterocycles. The smallest absolute Gasteiger partial charge is 0.264 e. The molecule has 0 atom stereocenters. The number of nitrogens with zero attached hydrogens (tertiary/aromatic N) is 4. The Morgan fingerprint density at radius 1 is 1.42 bits per heavy atom. The summed E-state index contributed by atoms with van der Waals surface area (Å²) in [5.41, 5.74) is -0.882. The van der Waals surface area contributed by atoms with Crippen LogP contribution in [0.1, 0.15) is 27.9 Å². The van der Waals surface area contributed by atoms with Crippen molar-refractivity contribution in [2.45, 2.75) is 12.2 Å². The van der Waals surface area contributed by atoms with Gasteiger partial charge in [-0.05, 0) is 16.5 Å². The first-order chi connectivity index (χ1) is 11.3. The summed E-state index contributed by atoms with van der Waals surface area (Å²) in [6, 6.07) is 2.12. The largest absolute Gasteiger partial charge is 0.496 e. The molecule has 2 rings (SSSR count). The van der Waals surface area contributed by atoms with Crippen molar-refractivity contribution in [2.75, 3.05) is 12.4 Å². The van der Waals surface area contributed by atoms with Gasteiger partial charge in [0.2, 0.25) is 5.95 Å². The normalized spacial score (nSPS) is 11.1. The van der Waals surface area contributed by atoms with Gasteiger partial charge in [0.1, 0.15) is 16.5 Å². The van der Waals surface area contributed by atoms with Crippen LogP contribution in [0.3, 0.4) is 0 Å². The van der Waals surface area contributed by atoms with E-state index >= 15 is 0 Å². The molecule has 2 aromatic rings. The van der Waals surface area contributed by atoms with Crippen molar-refractivity contribution < 1.29 is 26.7 Å². The van der Waals surface area contributed by atoms with Gasteiger partial charge in [0, 0.05) is 18.2 Å². The zero-order chi connectivity index (χ0) is 17.9. The molecule has 0 fully saturated rings. The van der Waals surface area contributed by atoms with Gasteiger partial charge in [-0.2, -0.15) is 0 Å². The third kappa shape index (κ3) is 3.64. The van der Waals surface area contributed by atoms with Crippen LogP contribution in [-0.2, 0) is 23.5 Å². The number of amides is 1. The van der Waals surface area contributed by atoms with Crippen LogP contribution in [0.2, 0.25) is 0 Å². The zero-order valence-corrected chi connectivity index (χ0v) is 13.5. The number of benzene rings is 1. The lowest BCUT2D eigenvalue weighted by molar-refractivity contribution is 0.102. The number of methoxy groups -OCH3 is 1. The minimum absolute atomic E-state index is 0.0245. The molecule has 0 bridgehead atoms. The second-order valence-corrected chi connectivity index (χ2v) is 5.57. The molecule has 12 heteroatoms. The van der Waals surface area contributed by atoms with E-state index in [1.807, 2.05) is 0 Å². The average Bonchev–Trinajstić information content (AvgIpc) is 2.90. The van der Waals surface area contributed by atoms with Crippen LogP contribution in [-0.4, -0.2) is 41.6 Å². The second-order valence-electron chi connectivity index (χ2n) is 4.59. The highest BCUT2D eigenvalue weighted by atomic mass is 32.2. The van der Waals surface area contributed by atoms with Gasteiger partial charge in [-0.1, -0.05) is 11.2 Å². The Bertz CT molecular complexity index is 829. The van der Waals surface area contributed by atoms with Crippen molar-refractivity contribution in [3.63, 3.8) is 0 Å².